The zero-order valence-electron chi connectivity index (χ0n) is 21.4. The Balaban J connectivity index is 1.49. The number of amides is 1. The minimum atomic E-state index is -0.526. The summed E-state index contributed by atoms with van der Waals surface area (Å²) in [6.07, 6.45) is 1.47. The van der Waals surface area contributed by atoms with Crippen molar-refractivity contribution in [1.82, 2.24) is 14.8 Å². The highest BCUT2D eigenvalue weighted by Crippen LogP contribution is 2.39. The van der Waals surface area contributed by atoms with Gasteiger partial charge in [-0.1, -0.05) is 48.0 Å². The SMILES string of the molecule is CCOc1cc([C@H]2C(C(=O)Nc3ccccc3C)=C(C)Nc3ncnn32)ccc1OCc1ccc(Cl)cc1. The topological polar surface area (TPSA) is 90.3 Å². The van der Waals surface area contributed by atoms with Gasteiger partial charge in [0.15, 0.2) is 11.5 Å². The number of hydrogen-bond donors (Lipinski definition) is 2. The monoisotopic (exact) mass is 529 g/mol. The largest absolute Gasteiger partial charge is 0.490 e. The van der Waals surface area contributed by atoms with Crippen LogP contribution >= 0.6 is 11.6 Å². The molecule has 2 heterocycles. The number of aromatic nitrogens is 3. The molecule has 1 atom stereocenters. The van der Waals surface area contributed by atoms with E-state index in [2.05, 4.69) is 20.7 Å². The molecule has 2 N–H and O–H groups in total. The normalized spacial score (nSPS) is 14.5. The summed E-state index contributed by atoms with van der Waals surface area (Å²) in [7, 11) is 0. The van der Waals surface area contributed by atoms with E-state index in [1.165, 1.54) is 6.33 Å². The molecular formula is C29H28ClN5O3. The third-order valence-electron chi connectivity index (χ3n) is 6.32. The molecule has 9 heteroatoms. The highest BCUT2D eigenvalue weighted by atomic mass is 35.5. The van der Waals surface area contributed by atoms with Gasteiger partial charge >= 0.3 is 0 Å². The highest BCUT2D eigenvalue weighted by Gasteiger charge is 2.34. The lowest BCUT2D eigenvalue weighted by Gasteiger charge is -2.29. The fraction of sp³-hybridized carbons (Fsp3) is 0.207. The Morgan fingerprint density at radius 1 is 1.05 bits per heavy atom. The number of nitrogens with one attached hydrogen (secondary N) is 2. The average molecular weight is 530 g/mol. The molecule has 0 saturated heterocycles. The van der Waals surface area contributed by atoms with Gasteiger partial charge in [0.05, 0.1) is 12.2 Å². The van der Waals surface area contributed by atoms with Gasteiger partial charge in [-0.25, -0.2) is 4.68 Å². The summed E-state index contributed by atoms with van der Waals surface area (Å²) in [5, 5.41) is 11.4. The molecule has 0 aliphatic carbocycles. The van der Waals surface area contributed by atoms with Gasteiger partial charge in [-0.05, 0) is 67.8 Å². The summed E-state index contributed by atoms with van der Waals surface area (Å²) in [5.41, 5.74) is 4.75. The number of ether oxygens (including phenoxy) is 2. The predicted molar refractivity (Wildman–Crippen MR) is 148 cm³/mol. The number of carbonyl (C=O) groups excluding carboxylic acids is 1. The number of benzene rings is 3. The van der Waals surface area contributed by atoms with Crippen LogP contribution in [0, 0.1) is 6.92 Å². The average Bonchev–Trinajstić information content (AvgIpc) is 3.37. The molecule has 4 aromatic rings. The van der Waals surface area contributed by atoms with Crippen LogP contribution in [0.5, 0.6) is 11.5 Å². The van der Waals surface area contributed by atoms with Crippen molar-refractivity contribution in [2.24, 2.45) is 0 Å². The van der Waals surface area contributed by atoms with Gasteiger partial charge in [-0.15, -0.1) is 0 Å². The molecule has 0 unspecified atom stereocenters. The van der Waals surface area contributed by atoms with E-state index in [4.69, 9.17) is 21.1 Å². The van der Waals surface area contributed by atoms with Gasteiger partial charge in [-0.2, -0.15) is 10.1 Å². The molecule has 0 saturated carbocycles. The number of halogens is 1. The Morgan fingerprint density at radius 3 is 2.61 bits per heavy atom. The van der Waals surface area contributed by atoms with Crippen molar-refractivity contribution in [3.05, 3.63) is 106 Å². The molecule has 194 valence electrons. The third-order valence-corrected chi connectivity index (χ3v) is 6.58. The van der Waals surface area contributed by atoms with E-state index in [1.54, 1.807) is 4.68 Å². The van der Waals surface area contributed by atoms with Gasteiger partial charge in [0.2, 0.25) is 5.95 Å². The summed E-state index contributed by atoms with van der Waals surface area (Å²) < 4.78 is 13.8. The van der Waals surface area contributed by atoms with Crippen LogP contribution in [0.25, 0.3) is 0 Å². The summed E-state index contributed by atoms with van der Waals surface area (Å²) >= 11 is 6.00. The molecule has 8 nitrogen and oxygen atoms in total. The number of rotatable bonds is 8. The van der Waals surface area contributed by atoms with Gasteiger partial charge in [0, 0.05) is 16.4 Å². The van der Waals surface area contributed by atoms with Crippen LogP contribution in [0.4, 0.5) is 11.6 Å². The molecular weight excluding hydrogens is 502 g/mol. The first-order valence-corrected chi connectivity index (χ1v) is 12.7. The number of anilines is 2. The van der Waals surface area contributed by atoms with Gasteiger partial charge in [0.1, 0.15) is 19.0 Å². The lowest BCUT2D eigenvalue weighted by atomic mass is 9.94. The Kier molecular flexibility index (Phi) is 7.33. The molecule has 38 heavy (non-hydrogen) atoms. The first-order chi connectivity index (χ1) is 18.4. The summed E-state index contributed by atoms with van der Waals surface area (Å²) in [4.78, 5) is 18.0. The smallest absolute Gasteiger partial charge is 0.255 e. The van der Waals surface area contributed by atoms with Crippen molar-refractivity contribution >= 4 is 29.1 Å². The summed E-state index contributed by atoms with van der Waals surface area (Å²) in [6.45, 7) is 6.56. The third kappa shape index (κ3) is 5.21. The molecule has 0 fully saturated rings. The summed E-state index contributed by atoms with van der Waals surface area (Å²) in [6, 6.07) is 20.3. The van der Waals surface area contributed by atoms with Crippen LogP contribution in [0.2, 0.25) is 5.02 Å². The zero-order chi connectivity index (χ0) is 26.6. The van der Waals surface area contributed by atoms with E-state index in [9.17, 15) is 4.79 Å². The molecule has 1 amide bonds. The molecule has 1 aliphatic rings. The van der Waals surface area contributed by atoms with Crippen molar-refractivity contribution in [3.63, 3.8) is 0 Å². The number of carbonyl (C=O) groups is 1. The quantitative estimate of drug-likeness (QED) is 0.285. The van der Waals surface area contributed by atoms with Gasteiger partial charge in [0.25, 0.3) is 5.91 Å². The van der Waals surface area contributed by atoms with Crippen LogP contribution < -0.4 is 20.1 Å². The fourth-order valence-electron chi connectivity index (χ4n) is 4.42. The van der Waals surface area contributed by atoms with E-state index in [0.717, 1.165) is 22.4 Å². The van der Waals surface area contributed by atoms with Crippen LogP contribution in [0.15, 0.2) is 84.3 Å². The van der Waals surface area contributed by atoms with Crippen LogP contribution in [0.3, 0.4) is 0 Å². The fourth-order valence-corrected chi connectivity index (χ4v) is 4.55. The number of aryl methyl sites for hydroxylation is 1. The van der Waals surface area contributed by atoms with E-state index in [0.29, 0.717) is 47.0 Å². The van der Waals surface area contributed by atoms with Crippen molar-refractivity contribution < 1.29 is 14.3 Å². The molecule has 0 spiro atoms. The van der Waals surface area contributed by atoms with Crippen molar-refractivity contribution in [2.75, 3.05) is 17.2 Å². The van der Waals surface area contributed by atoms with Crippen molar-refractivity contribution in [3.8, 4) is 11.5 Å². The first kappa shape index (κ1) is 25.4. The van der Waals surface area contributed by atoms with E-state index in [1.807, 2.05) is 87.5 Å². The number of allylic oxidation sites excluding steroid dienone is 1. The van der Waals surface area contributed by atoms with Crippen molar-refractivity contribution in [2.45, 2.75) is 33.4 Å². The second kappa shape index (κ2) is 11.0. The second-order valence-electron chi connectivity index (χ2n) is 8.92. The van der Waals surface area contributed by atoms with Gasteiger partial charge < -0.3 is 20.1 Å². The summed E-state index contributed by atoms with van der Waals surface area (Å²) in [5.74, 6) is 1.51. The Labute approximate surface area is 226 Å². The van der Waals surface area contributed by atoms with Crippen LogP contribution in [-0.2, 0) is 11.4 Å². The minimum absolute atomic E-state index is 0.225. The molecule has 1 aromatic heterocycles. The first-order valence-electron chi connectivity index (χ1n) is 12.3. The maximum atomic E-state index is 13.7. The predicted octanol–water partition coefficient (Wildman–Crippen LogP) is 6.15. The lowest BCUT2D eigenvalue weighted by Crippen LogP contribution is -2.31. The molecule has 0 radical (unpaired) electrons. The molecule has 5 rings (SSSR count). The second-order valence-corrected chi connectivity index (χ2v) is 9.35. The van der Waals surface area contributed by atoms with Crippen LogP contribution in [0.1, 0.15) is 36.6 Å². The maximum Gasteiger partial charge on any atom is 0.255 e. The Morgan fingerprint density at radius 2 is 1.84 bits per heavy atom. The Bertz CT molecular complexity index is 1500. The highest BCUT2D eigenvalue weighted by molar-refractivity contribution is 6.30. The molecule has 1 aliphatic heterocycles. The number of fused-ring (bicyclic) bond motifs is 1. The maximum absolute atomic E-state index is 13.7. The minimum Gasteiger partial charge on any atom is -0.490 e. The van der Waals surface area contributed by atoms with Crippen molar-refractivity contribution in [1.29, 1.82) is 0 Å². The Hall–Kier alpha value is -4.30. The van der Waals surface area contributed by atoms with Gasteiger partial charge in [-0.3, -0.25) is 4.79 Å². The molecule has 3 aromatic carbocycles. The number of nitrogens with zero attached hydrogens (tertiary/aromatic N) is 3. The number of para-hydroxylation sites is 1. The van der Waals surface area contributed by atoms with E-state index in [-0.39, 0.29) is 5.91 Å². The van der Waals surface area contributed by atoms with E-state index < -0.39 is 6.04 Å². The molecule has 0 bridgehead atoms. The lowest BCUT2D eigenvalue weighted by molar-refractivity contribution is -0.113. The number of hydrogen-bond acceptors (Lipinski definition) is 6. The standard InChI is InChI=1S/C29H28ClN5O3/c1-4-37-25-15-21(11-14-24(25)38-16-20-9-12-22(30)13-10-20)27-26(19(3)33-29-31-17-32-35(27)29)28(36)34-23-8-6-5-7-18(23)2/h5-15,17,27H,4,16H2,1-3H3,(H,34,36)(H,31,32,33)/t27-/m0/s1. The van der Waals surface area contributed by atoms with Crippen LogP contribution in [-0.4, -0.2) is 27.3 Å². The zero-order valence-corrected chi connectivity index (χ0v) is 22.1. The van der Waals surface area contributed by atoms with E-state index >= 15 is 0 Å².